The number of aromatic nitrogens is 1. The lowest BCUT2D eigenvalue weighted by Gasteiger charge is -2.34. The van der Waals surface area contributed by atoms with Crippen LogP contribution in [-0.2, 0) is 16.1 Å². The Kier molecular flexibility index (Phi) is 6.20. The predicted molar refractivity (Wildman–Crippen MR) is 123 cm³/mol. The summed E-state index contributed by atoms with van der Waals surface area (Å²) < 4.78 is 0. The number of rotatable bonds is 6. The lowest BCUT2D eigenvalue weighted by atomic mass is 9.98. The molecule has 1 aromatic carbocycles. The van der Waals surface area contributed by atoms with E-state index in [2.05, 4.69) is 0 Å². The second kappa shape index (κ2) is 9.05. The van der Waals surface area contributed by atoms with Gasteiger partial charge in [0.05, 0.1) is 34.7 Å². The molecule has 166 valence electrons. The van der Waals surface area contributed by atoms with Crippen molar-refractivity contribution in [1.29, 1.82) is 0 Å². The van der Waals surface area contributed by atoms with Crippen molar-refractivity contribution in [3.05, 3.63) is 52.9 Å². The summed E-state index contributed by atoms with van der Waals surface area (Å²) in [4.78, 5) is 47.6. The summed E-state index contributed by atoms with van der Waals surface area (Å²) in [6, 6.07) is 11.1. The smallest absolute Gasteiger partial charge is 0.336 e. The first-order valence-corrected chi connectivity index (χ1v) is 11.1. The maximum absolute atomic E-state index is 12.7. The van der Waals surface area contributed by atoms with Gasteiger partial charge in [0.25, 0.3) is 0 Å². The van der Waals surface area contributed by atoms with Crippen LogP contribution in [0.3, 0.4) is 0 Å². The van der Waals surface area contributed by atoms with Crippen molar-refractivity contribution < 1.29 is 19.5 Å². The number of benzene rings is 1. The molecule has 0 aliphatic carbocycles. The maximum atomic E-state index is 12.7. The summed E-state index contributed by atoms with van der Waals surface area (Å²) in [6.45, 7) is 1.42. The number of fused-ring (bicyclic) bond motifs is 1. The lowest BCUT2D eigenvalue weighted by Crippen LogP contribution is -2.52. The van der Waals surface area contributed by atoms with Crippen LogP contribution in [0.15, 0.2) is 41.8 Å². The molecule has 0 saturated carbocycles. The molecule has 0 radical (unpaired) electrons. The summed E-state index contributed by atoms with van der Waals surface area (Å²) in [7, 11) is 3.32. The minimum Gasteiger partial charge on any atom is -0.478 e. The average molecular weight is 453 g/mol. The monoisotopic (exact) mass is 452 g/mol. The Balaban J connectivity index is 1.68. The molecule has 3 heterocycles. The Hall–Kier alpha value is -3.30. The van der Waals surface area contributed by atoms with Gasteiger partial charge in [-0.2, -0.15) is 0 Å². The van der Waals surface area contributed by atoms with Gasteiger partial charge in [0.15, 0.2) is 0 Å². The second-order valence-electron chi connectivity index (χ2n) is 7.93. The van der Waals surface area contributed by atoms with Crippen LogP contribution in [-0.4, -0.2) is 82.8 Å². The molecule has 1 aliphatic heterocycles. The zero-order valence-corrected chi connectivity index (χ0v) is 18.8. The third-order valence-electron chi connectivity index (χ3n) is 5.57. The van der Waals surface area contributed by atoms with Crippen LogP contribution in [0.5, 0.6) is 0 Å². The Morgan fingerprint density at radius 1 is 1.16 bits per heavy atom. The van der Waals surface area contributed by atoms with Crippen molar-refractivity contribution in [1.82, 2.24) is 19.7 Å². The molecule has 0 unspecified atom stereocenters. The van der Waals surface area contributed by atoms with E-state index in [1.54, 1.807) is 31.1 Å². The zero-order valence-electron chi connectivity index (χ0n) is 17.9. The Bertz CT molecular complexity index is 1180. The summed E-state index contributed by atoms with van der Waals surface area (Å²) in [5, 5.41) is 12.6. The van der Waals surface area contributed by atoms with Crippen LogP contribution < -0.4 is 0 Å². The molecule has 2 amide bonds. The zero-order chi connectivity index (χ0) is 22.8. The summed E-state index contributed by atoms with van der Waals surface area (Å²) >= 11 is 1.50. The van der Waals surface area contributed by atoms with Crippen LogP contribution in [0.4, 0.5) is 0 Å². The van der Waals surface area contributed by atoms with Gasteiger partial charge < -0.3 is 14.9 Å². The Labute approximate surface area is 189 Å². The topological polar surface area (TPSA) is 94.1 Å². The average Bonchev–Trinajstić information content (AvgIpc) is 3.29. The Morgan fingerprint density at radius 3 is 2.59 bits per heavy atom. The van der Waals surface area contributed by atoms with Crippen LogP contribution in [0.2, 0.25) is 0 Å². The fraction of sp³-hybridized carbons (Fsp3) is 0.304. The molecule has 2 aromatic heterocycles. The van der Waals surface area contributed by atoms with Crippen LogP contribution in [0.1, 0.15) is 15.9 Å². The van der Waals surface area contributed by atoms with Gasteiger partial charge in [0.2, 0.25) is 11.8 Å². The highest BCUT2D eigenvalue weighted by atomic mass is 32.1. The fourth-order valence-corrected chi connectivity index (χ4v) is 4.60. The van der Waals surface area contributed by atoms with E-state index in [-0.39, 0.29) is 37.0 Å². The van der Waals surface area contributed by atoms with Crippen molar-refractivity contribution >= 4 is 40.0 Å². The van der Waals surface area contributed by atoms with Crippen LogP contribution in [0, 0.1) is 0 Å². The first-order valence-electron chi connectivity index (χ1n) is 10.2. The number of nitrogens with zero attached hydrogens (tertiary/aromatic N) is 4. The highest BCUT2D eigenvalue weighted by Gasteiger charge is 2.29. The fourth-order valence-electron chi connectivity index (χ4n) is 3.85. The third kappa shape index (κ3) is 4.35. The number of thiophene rings is 1. The molecular formula is C23H24N4O4S. The van der Waals surface area contributed by atoms with Gasteiger partial charge in [0, 0.05) is 44.7 Å². The highest BCUT2D eigenvalue weighted by Crippen LogP contribution is 2.33. The molecular weight excluding hydrogens is 428 g/mol. The number of carbonyl (C=O) groups is 3. The molecule has 0 spiro atoms. The van der Waals surface area contributed by atoms with Crippen LogP contribution >= 0.6 is 11.3 Å². The second-order valence-corrected chi connectivity index (χ2v) is 8.88. The number of piperazine rings is 1. The minimum absolute atomic E-state index is 0.0536. The van der Waals surface area contributed by atoms with E-state index in [9.17, 15) is 19.5 Å². The molecule has 0 atom stereocenters. The third-order valence-corrected chi connectivity index (χ3v) is 6.44. The number of pyridine rings is 1. The van der Waals surface area contributed by atoms with E-state index in [0.717, 1.165) is 4.88 Å². The van der Waals surface area contributed by atoms with Crippen LogP contribution in [0.25, 0.3) is 21.5 Å². The number of likely N-dealkylation sites (N-methyl/N-ethyl adjacent to an activating group) is 1. The number of hydrogen-bond acceptors (Lipinski definition) is 6. The van der Waals surface area contributed by atoms with Crippen molar-refractivity contribution in [2.75, 3.05) is 40.3 Å². The first-order chi connectivity index (χ1) is 15.3. The molecule has 1 N–H and O–H groups in total. The number of para-hydroxylation sites is 1. The summed E-state index contributed by atoms with van der Waals surface area (Å²) in [6.07, 6.45) is 0. The van der Waals surface area contributed by atoms with E-state index in [1.807, 2.05) is 34.5 Å². The van der Waals surface area contributed by atoms with Gasteiger partial charge >= 0.3 is 5.97 Å². The van der Waals surface area contributed by atoms with E-state index >= 15 is 0 Å². The predicted octanol–water partition coefficient (Wildman–Crippen LogP) is 2.39. The number of carbonyl (C=O) groups excluding carboxylic acids is 2. The van der Waals surface area contributed by atoms with E-state index in [4.69, 9.17) is 4.98 Å². The van der Waals surface area contributed by atoms with E-state index < -0.39 is 5.97 Å². The number of carboxylic acid groups (broad SMARTS) is 1. The molecule has 32 heavy (non-hydrogen) atoms. The summed E-state index contributed by atoms with van der Waals surface area (Å²) in [5.41, 5.74) is 2.08. The quantitative estimate of drug-likeness (QED) is 0.617. The molecule has 0 bridgehead atoms. The number of hydrogen-bond donors (Lipinski definition) is 1. The molecule has 9 heteroatoms. The van der Waals surface area contributed by atoms with Gasteiger partial charge in [-0.25, -0.2) is 9.78 Å². The van der Waals surface area contributed by atoms with Gasteiger partial charge in [-0.1, -0.05) is 24.3 Å². The van der Waals surface area contributed by atoms with Crippen molar-refractivity contribution in [2.45, 2.75) is 6.54 Å². The SMILES string of the molecule is CN(C)C(=O)CN1CCN(Cc2c(-c3cccs3)nc3ccccc3c2C(=O)O)CC1=O. The lowest BCUT2D eigenvalue weighted by molar-refractivity contribution is -0.142. The Morgan fingerprint density at radius 2 is 1.94 bits per heavy atom. The molecule has 4 rings (SSSR count). The highest BCUT2D eigenvalue weighted by molar-refractivity contribution is 7.13. The van der Waals surface area contributed by atoms with Gasteiger partial charge in [-0.15, -0.1) is 11.3 Å². The number of aromatic carboxylic acids is 1. The molecule has 1 aliphatic rings. The normalized spacial score (nSPS) is 14.7. The van der Waals surface area contributed by atoms with E-state index in [0.29, 0.717) is 35.2 Å². The standard InChI is InChI=1S/C23H24N4O4S/c1-25(2)19(28)14-27-10-9-26(13-20(27)29)12-16-21(23(30)31)15-6-3-4-7-17(15)24-22(16)18-8-5-11-32-18/h3-8,11H,9-10,12-14H2,1-2H3,(H,30,31). The minimum atomic E-state index is -1.02. The van der Waals surface area contributed by atoms with Gasteiger partial charge in [-0.05, 0) is 17.5 Å². The van der Waals surface area contributed by atoms with Gasteiger partial charge in [0.1, 0.15) is 0 Å². The van der Waals surface area contributed by atoms with E-state index in [1.165, 1.54) is 16.2 Å². The van der Waals surface area contributed by atoms with Crippen molar-refractivity contribution in [2.24, 2.45) is 0 Å². The first kappa shape index (κ1) is 21.9. The molecule has 1 saturated heterocycles. The number of amides is 2. The molecule has 8 nitrogen and oxygen atoms in total. The largest absolute Gasteiger partial charge is 0.478 e. The maximum Gasteiger partial charge on any atom is 0.336 e. The molecule has 1 fully saturated rings. The van der Waals surface area contributed by atoms with Crippen molar-refractivity contribution in [3.63, 3.8) is 0 Å². The van der Waals surface area contributed by atoms with Gasteiger partial charge in [-0.3, -0.25) is 14.5 Å². The summed E-state index contributed by atoms with van der Waals surface area (Å²) in [5.74, 6) is -1.29. The number of carboxylic acids is 1. The molecule has 3 aromatic rings. The van der Waals surface area contributed by atoms with Crippen molar-refractivity contribution in [3.8, 4) is 10.6 Å².